The minimum absolute atomic E-state index is 0.155. The maximum absolute atomic E-state index is 12.8. The summed E-state index contributed by atoms with van der Waals surface area (Å²) in [6, 6.07) is 14.6. The van der Waals surface area contributed by atoms with E-state index in [0.717, 1.165) is 25.1 Å². The third-order valence-electron chi connectivity index (χ3n) is 5.67. The van der Waals surface area contributed by atoms with Gasteiger partial charge in [-0.25, -0.2) is 8.42 Å². The van der Waals surface area contributed by atoms with Gasteiger partial charge in [-0.3, -0.25) is 9.69 Å². The van der Waals surface area contributed by atoms with Crippen molar-refractivity contribution in [1.29, 1.82) is 0 Å². The second-order valence-corrected chi connectivity index (χ2v) is 9.50. The van der Waals surface area contributed by atoms with Gasteiger partial charge in [0.2, 0.25) is 15.9 Å². The van der Waals surface area contributed by atoms with Crippen molar-refractivity contribution in [1.82, 2.24) is 9.21 Å². The quantitative estimate of drug-likeness (QED) is 0.639. The predicted octanol–water partition coefficient (Wildman–Crippen LogP) is 3.50. The lowest BCUT2D eigenvalue weighted by Crippen LogP contribution is -2.33. The first-order valence-corrected chi connectivity index (χ1v) is 12.1. The Balaban J connectivity index is 1.67. The monoisotopic (exact) mass is 445 g/mol. The van der Waals surface area contributed by atoms with Gasteiger partial charge in [-0.15, -0.1) is 0 Å². The number of rotatable bonds is 9. The Morgan fingerprint density at radius 1 is 1.16 bits per heavy atom. The van der Waals surface area contributed by atoms with E-state index in [0.29, 0.717) is 18.8 Å². The fourth-order valence-electron chi connectivity index (χ4n) is 4.05. The van der Waals surface area contributed by atoms with E-state index in [9.17, 15) is 13.2 Å². The van der Waals surface area contributed by atoms with Gasteiger partial charge in [-0.05, 0) is 55.3 Å². The normalized spacial score (nSPS) is 17.1. The van der Waals surface area contributed by atoms with Crippen molar-refractivity contribution in [2.24, 2.45) is 0 Å². The van der Waals surface area contributed by atoms with Gasteiger partial charge in [-0.1, -0.05) is 32.0 Å². The van der Waals surface area contributed by atoms with E-state index < -0.39 is 10.0 Å². The number of anilines is 1. The fraction of sp³-hybridized carbons (Fsp3) is 0.435. The average Bonchev–Trinajstić information content (AvgIpc) is 3.22. The van der Waals surface area contributed by atoms with Gasteiger partial charge in [0.1, 0.15) is 5.75 Å². The molecule has 1 saturated heterocycles. The Kier molecular flexibility index (Phi) is 7.69. The molecule has 7 nitrogen and oxygen atoms in total. The smallest absolute Gasteiger partial charge is 0.243 e. The summed E-state index contributed by atoms with van der Waals surface area (Å²) in [6.07, 6.45) is 2.03. The molecule has 0 bridgehead atoms. The van der Waals surface area contributed by atoms with Crippen LogP contribution in [0.4, 0.5) is 5.69 Å². The molecule has 2 aromatic rings. The number of sulfonamides is 1. The summed E-state index contributed by atoms with van der Waals surface area (Å²) in [6.45, 7) is 5.52. The lowest BCUT2D eigenvalue weighted by molar-refractivity contribution is -0.117. The first kappa shape index (κ1) is 23.2. The van der Waals surface area contributed by atoms with Gasteiger partial charge in [-0.2, -0.15) is 4.31 Å². The highest BCUT2D eigenvalue weighted by Gasteiger charge is 2.28. The maximum Gasteiger partial charge on any atom is 0.243 e. The number of ether oxygens (including phenoxy) is 1. The van der Waals surface area contributed by atoms with E-state index in [1.165, 1.54) is 15.9 Å². The van der Waals surface area contributed by atoms with Crippen LogP contribution in [0.15, 0.2) is 53.4 Å². The van der Waals surface area contributed by atoms with Gasteiger partial charge in [0.25, 0.3) is 0 Å². The van der Waals surface area contributed by atoms with E-state index >= 15 is 0 Å². The third-order valence-corrected chi connectivity index (χ3v) is 7.72. The maximum atomic E-state index is 12.8. The zero-order chi connectivity index (χ0) is 22.4. The first-order valence-electron chi connectivity index (χ1n) is 10.7. The number of nitrogens with one attached hydrogen (secondary N) is 1. The molecule has 1 N–H and O–H groups in total. The number of benzene rings is 2. The second kappa shape index (κ2) is 10.3. The average molecular weight is 446 g/mol. The predicted molar refractivity (Wildman–Crippen MR) is 122 cm³/mol. The van der Waals surface area contributed by atoms with Gasteiger partial charge < -0.3 is 10.1 Å². The van der Waals surface area contributed by atoms with E-state index in [1.807, 2.05) is 38.1 Å². The van der Waals surface area contributed by atoms with Crippen molar-refractivity contribution >= 4 is 21.6 Å². The summed E-state index contributed by atoms with van der Waals surface area (Å²) < 4.78 is 32.1. The summed E-state index contributed by atoms with van der Waals surface area (Å²) in [4.78, 5) is 15.1. The molecule has 0 aromatic heterocycles. The minimum Gasteiger partial charge on any atom is -0.497 e. The molecule has 31 heavy (non-hydrogen) atoms. The Morgan fingerprint density at radius 3 is 2.52 bits per heavy atom. The number of likely N-dealkylation sites (tertiary alicyclic amines) is 1. The van der Waals surface area contributed by atoms with Crippen LogP contribution in [0.5, 0.6) is 5.75 Å². The number of carbonyl (C=O) groups is 1. The molecule has 1 fully saturated rings. The fourth-order valence-corrected chi connectivity index (χ4v) is 5.56. The highest BCUT2D eigenvalue weighted by atomic mass is 32.2. The molecule has 0 aliphatic carbocycles. The highest BCUT2D eigenvalue weighted by molar-refractivity contribution is 7.89. The van der Waals surface area contributed by atoms with Gasteiger partial charge in [0.05, 0.1) is 18.6 Å². The highest BCUT2D eigenvalue weighted by Crippen LogP contribution is 2.32. The molecule has 1 aliphatic heterocycles. The SMILES string of the molecule is CCN(CC)S(=O)(=O)c1cccc(NC(=O)CN2CCCC2c2ccc(OC)cc2)c1. The third kappa shape index (κ3) is 5.44. The second-order valence-electron chi connectivity index (χ2n) is 7.57. The number of hydrogen-bond acceptors (Lipinski definition) is 5. The molecule has 2 aromatic carbocycles. The van der Waals surface area contributed by atoms with Crippen molar-refractivity contribution in [3.05, 3.63) is 54.1 Å². The molecule has 1 aliphatic rings. The Labute approximate surface area is 185 Å². The molecule has 3 rings (SSSR count). The molecular formula is C23H31N3O4S. The number of amides is 1. The molecule has 0 spiro atoms. The molecule has 1 unspecified atom stereocenters. The van der Waals surface area contributed by atoms with Crippen molar-refractivity contribution in [3.8, 4) is 5.75 Å². The van der Waals surface area contributed by atoms with Crippen LogP contribution in [0, 0.1) is 0 Å². The molecule has 1 atom stereocenters. The Hall–Kier alpha value is -2.42. The standard InChI is InChI=1S/C23H31N3O4S/c1-4-26(5-2)31(28,29)21-9-6-8-19(16-21)24-23(27)17-25-15-7-10-22(25)18-11-13-20(30-3)14-12-18/h6,8-9,11-14,16,22H,4-5,7,10,15,17H2,1-3H3,(H,24,27). The van der Waals surface area contributed by atoms with Crippen LogP contribution in [0.3, 0.4) is 0 Å². The lowest BCUT2D eigenvalue weighted by Gasteiger charge is -2.24. The van der Waals surface area contributed by atoms with Crippen LogP contribution < -0.4 is 10.1 Å². The minimum atomic E-state index is -3.57. The molecule has 1 heterocycles. The van der Waals surface area contributed by atoms with E-state index in [2.05, 4.69) is 10.2 Å². The van der Waals surface area contributed by atoms with E-state index in [4.69, 9.17) is 4.74 Å². The van der Waals surface area contributed by atoms with Crippen molar-refractivity contribution < 1.29 is 17.9 Å². The first-order chi connectivity index (χ1) is 14.9. The molecule has 0 radical (unpaired) electrons. The van der Waals surface area contributed by atoms with E-state index in [1.54, 1.807) is 25.3 Å². The number of carbonyl (C=O) groups excluding carboxylic acids is 1. The van der Waals surface area contributed by atoms with Crippen LogP contribution in [0.1, 0.15) is 38.3 Å². The summed E-state index contributed by atoms with van der Waals surface area (Å²) >= 11 is 0. The Bertz CT molecular complexity index is 988. The van der Waals surface area contributed by atoms with Gasteiger partial charge in [0.15, 0.2) is 0 Å². The summed E-state index contributed by atoms with van der Waals surface area (Å²) in [7, 11) is -1.93. The van der Waals surface area contributed by atoms with Crippen molar-refractivity contribution in [2.45, 2.75) is 37.6 Å². The van der Waals surface area contributed by atoms with Crippen LogP contribution in [-0.2, 0) is 14.8 Å². The number of nitrogens with zero attached hydrogens (tertiary/aromatic N) is 2. The van der Waals surface area contributed by atoms with Crippen LogP contribution in [0.25, 0.3) is 0 Å². The van der Waals surface area contributed by atoms with Crippen LogP contribution in [0.2, 0.25) is 0 Å². The van der Waals surface area contributed by atoms with Crippen molar-refractivity contribution in [3.63, 3.8) is 0 Å². The number of hydrogen-bond donors (Lipinski definition) is 1. The summed E-state index contributed by atoms with van der Waals surface area (Å²) in [5, 5.41) is 2.86. The van der Waals surface area contributed by atoms with Crippen LogP contribution in [-0.4, -0.2) is 56.8 Å². The molecule has 168 valence electrons. The topological polar surface area (TPSA) is 79.0 Å². The molecular weight excluding hydrogens is 414 g/mol. The lowest BCUT2D eigenvalue weighted by atomic mass is 10.0. The zero-order valence-corrected chi connectivity index (χ0v) is 19.2. The molecule has 1 amide bonds. The van der Waals surface area contributed by atoms with Gasteiger partial charge in [0, 0.05) is 24.8 Å². The molecule has 0 saturated carbocycles. The molecule has 8 heteroatoms. The largest absolute Gasteiger partial charge is 0.497 e. The van der Waals surface area contributed by atoms with E-state index in [-0.39, 0.29) is 23.4 Å². The van der Waals surface area contributed by atoms with Crippen molar-refractivity contribution in [2.75, 3.05) is 38.6 Å². The van der Waals surface area contributed by atoms with Gasteiger partial charge >= 0.3 is 0 Å². The summed E-state index contributed by atoms with van der Waals surface area (Å²) in [5.74, 6) is 0.656. The Morgan fingerprint density at radius 2 is 1.87 bits per heavy atom. The summed E-state index contributed by atoms with van der Waals surface area (Å²) in [5.41, 5.74) is 1.65. The zero-order valence-electron chi connectivity index (χ0n) is 18.4. The number of methoxy groups -OCH3 is 1. The van der Waals surface area contributed by atoms with Crippen LogP contribution >= 0.6 is 0 Å².